The third-order valence-electron chi connectivity index (χ3n) is 3.43. The van der Waals surface area contributed by atoms with Crippen molar-refractivity contribution >= 4 is 24.8 Å². The molecule has 0 unspecified atom stereocenters. The first kappa shape index (κ1) is 14.8. The van der Waals surface area contributed by atoms with Crippen molar-refractivity contribution in [1.29, 1.82) is 0 Å². The average molecular weight is 279 g/mol. The normalized spacial score (nSPS) is 19.3. The lowest BCUT2D eigenvalue weighted by atomic mass is 10.2. The van der Waals surface area contributed by atoms with Crippen molar-refractivity contribution < 1.29 is 0 Å². The molecule has 98 valence electrons. The predicted octanol–water partition coefficient (Wildman–Crippen LogP) is 1.43. The molecule has 1 aromatic heterocycles. The molecule has 0 radical (unpaired) electrons. The van der Waals surface area contributed by atoms with E-state index in [0.29, 0.717) is 0 Å². The van der Waals surface area contributed by atoms with Crippen LogP contribution in [-0.2, 0) is 19.6 Å². The van der Waals surface area contributed by atoms with Gasteiger partial charge >= 0.3 is 0 Å². The smallest absolute Gasteiger partial charge is 0.0953 e. The summed E-state index contributed by atoms with van der Waals surface area (Å²) >= 11 is 0. The van der Waals surface area contributed by atoms with Crippen LogP contribution in [0.5, 0.6) is 0 Å². The van der Waals surface area contributed by atoms with E-state index in [1.165, 1.54) is 37.3 Å². The van der Waals surface area contributed by atoms with E-state index in [4.69, 9.17) is 0 Å². The lowest BCUT2D eigenvalue weighted by molar-refractivity contribution is 0.325. The Kier molecular flexibility index (Phi) is 5.73. The number of rotatable bonds is 2. The van der Waals surface area contributed by atoms with Crippen LogP contribution in [0.2, 0.25) is 0 Å². The number of nitrogens with one attached hydrogen (secondary N) is 1. The Morgan fingerprint density at radius 3 is 2.71 bits per heavy atom. The third kappa shape index (κ3) is 3.13. The van der Waals surface area contributed by atoms with Gasteiger partial charge in [0.25, 0.3) is 0 Å². The van der Waals surface area contributed by atoms with Crippen molar-refractivity contribution in [3.8, 4) is 0 Å². The second kappa shape index (κ2) is 6.59. The van der Waals surface area contributed by atoms with Crippen molar-refractivity contribution in [3.05, 3.63) is 17.7 Å². The summed E-state index contributed by atoms with van der Waals surface area (Å²) in [5, 5.41) is 3.41. The maximum Gasteiger partial charge on any atom is 0.0953 e. The average Bonchev–Trinajstić information content (AvgIpc) is 2.89. The Hall–Kier alpha value is -0.290. The molecule has 0 amide bonds. The number of halogens is 2. The van der Waals surface area contributed by atoms with Gasteiger partial charge in [0.1, 0.15) is 0 Å². The second-order valence-corrected chi connectivity index (χ2v) is 4.49. The Morgan fingerprint density at radius 2 is 1.94 bits per heavy atom. The van der Waals surface area contributed by atoms with Gasteiger partial charge in [0.15, 0.2) is 0 Å². The molecule has 1 aromatic rings. The van der Waals surface area contributed by atoms with Crippen molar-refractivity contribution in [2.45, 2.75) is 32.5 Å². The molecule has 1 saturated heterocycles. The summed E-state index contributed by atoms with van der Waals surface area (Å²) in [6.45, 7) is 6.68. The largest absolute Gasteiger partial charge is 0.332 e. The van der Waals surface area contributed by atoms with Crippen LogP contribution in [0.1, 0.15) is 24.2 Å². The number of aromatic nitrogens is 2. The molecule has 1 fully saturated rings. The highest BCUT2D eigenvalue weighted by Crippen LogP contribution is 2.16. The molecule has 0 bridgehead atoms. The van der Waals surface area contributed by atoms with Crippen LogP contribution >= 0.6 is 24.8 Å². The van der Waals surface area contributed by atoms with E-state index in [0.717, 1.165) is 26.2 Å². The van der Waals surface area contributed by atoms with E-state index >= 15 is 0 Å². The Bertz CT molecular complexity index is 347. The van der Waals surface area contributed by atoms with Gasteiger partial charge in [-0.05, 0) is 25.9 Å². The van der Waals surface area contributed by atoms with E-state index in [1.807, 2.05) is 6.33 Å². The first-order valence-corrected chi connectivity index (χ1v) is 5.89. The van der Waals surface area contributed by atoms with Crippen LogP contribution in [0.25, 0.3) is 0 Å². The van der Waals surface area contributed by atoms with Crippen molar-refractivity contribution in [3.63, 3.8) is 0 Å². The molecule has 17 heavy (non-hydrogen) atoms. The Labute approximate surface area is 115 Å². The maximum atomic E-state index is 4.54. The van der Waals surface area contributed by atoms with E-state index in [1.54, 1.807) is 0 Å². The molecule has 1 N–H and O–H groups in total. The minimum absolute atomic E-state index is 0. The molecule has 0 aromatic carbocycles. The summed E-state index contributed by atoms with van der Waals surface area (Å²) in [6, 6.07) is 0. The molecule has 0 atom stereocenters. The van der Waals surface area contributed by atoms with E-state index in [-0.39, 0.29) is 24.8 Å². The van der Waals surface area contributed by atoms with E-state index in [9.17, 15) is 0 Å². The molecule has 0 aliphatic carbocycles. The van der Waals surface area contributed by atoms with Gasteiger partial charge in [0, 0.05) is 26.2 Å². The standard InChI is InChI=1S/C11H18N4.2ClH/c1-2-5-14(4-1)8-10-11-7-12-3-6-15(11)9-13-10;;/h9,12H,1-8H2;2*1H. The highest BCUT2D eigenvalue weighted by atomic mass is 35.5. The van der Waals surface area contributed by atoms with Gasteiger partial charge in [-0.15, -0.1) is 24.8 Å². The zero-order chi connectivity index (χ0) is 10.1. The number of hydrogen-bond acceptors (Lipinski definition) is 3. The van der Waals surface area contributed by atoms with Crippen LogP contribution < -0.4 is 5.32 Å². The van der Waals surface area contributed by atoms with Crippen molar-refractivity contribution in [1.82, 2.24) is 19.8 Å². The number of imidazole rings is 1. The van der Waals surface area contributed by atoms with Crippen LogP contribution in [0.15, 0.2) is 6.33 Å². The predicted molar refractivity (Wildman–Crippen MR) is 72.9 cm³/mol. The minimum atomic E-state index is 0. The van der Waals surface area contributed by atoms with Crippen LogP contribution in [0.3, 0.4) is 0 Å². The van der Waals surface area contributed by atoms with Gasteiger partial charge in [-0.2, -0.15) is 0 Å². The van der Waals surface area contributed by atoms with Gasteiger partial charge in [-0.3, -0.25) is 4.90 Å². The molecule has 6 heteroatoms. The summed E-state index contributed by atoms with van der Waals surface area (Å²) in [4.78, 5) is 7.05. The summed E-state index contributed by atoms with van der Waals surface area (Å²) in [5.41, 5.74) is 2.68. The number of nitrogens with zero attached hydrogens (tertiary/aromatic N) is 3. The highest BCUT2D eigenvalue weighted by Gasteiger charge is 2.18. The fourth-order valence-electron chi connectivity index (χ4n) is 2.54. The summed E-state index contributed by atoms with van der Waals surface area (Å²) in [5.74, 6) is 0. The molecule has 2 aliphatic heterocycles. The fourth-order valence-corrected chi connectivity index (χ4v) is 2.54. The number of likely N-dealkylation sites (tertiary alicyclic amines) is 1. The second-order valence-electron chi connectivity index (χ2n) is 4.49. The number of hydrogen-bond donors (Lipinski definition) is 1. The van der Waals surface area contributed by atoms with E-state index < -0.39 is 0 Å². The third-order valence-corrected chi connectivity index (χ3v) is 3.43. The summed E-state index contributed by atoms with van der Waals surface area (Å²) < 4.78 is 2.29. The molecule has 2 aliphatic rings. The lowest BCUT2D eigenvalue weighted by Crippen LogP contribution is -2.29. The monoisotopic (exact) mass is 278 g/mol. The first-order valence-electron chi connectivity index (χ1n) is 5.89. The zero-order valence-electron chi connectivity index (χ0n) is 9.89. The van der Waals surface area contributed by atoms with E-state index in [2.05, 4.69) is 19.8 Å². The highest BCUT2D eigenvalue weighted by molar-refractivity contribution is 5.85. The van der Waals surface area contributed by atoms with Gasteiger partial charge in [-0.25, -0.2) is 4.98 Å². The van der Waals surface area contributed by atoms with Gasteiger partial charge < -0.3 is 9.88 Å². The van der Waals surface area contributed by atoms with Crippen molar-refractivity contribution in [2.24, 2.45) is 0 Å². The maximum absolute atomic E-state index is 4.54. The van der Waals surface area contributed by atoms with Gasteiger partial charge in [0.2, 0.25) is 0 Å². The summed E-state index contributed by atoms with van der Waals surface area (Å²) in [7, 11) is 0. The van der Waals surface area contributed by atoms with Crippen LogP contribution in [-0.4, -0.2) is 34.1 Å². The molecule has 3 rings (SSSR count). The van der Waals surface area contributed by atoms with Gasteiger partial charge in [0.05, 0.1) is 17.7 Å². The fraction of sp³-hybridized carbons (Fsp3) is 0.727. The van der Waals surface area contributed by atoms with Crippen LogP contribution in [0.4, 0.5) is 0 Å². The number of fused-ring (bicyclic) bond motifs is 1. The molecular weight excluding hydrogens is 259 g/mol. The first-order chi connectivity index (χ1) is 7.43. The minimum Gasteiger partial charge on any atom is -0.332 e. The molecule has 0 saturated carbocycles. The molecule has 3 heterocycles. The molecule has 0 spiro atoms. The van der Waals surface area contributed by atoms with Crippen molar-refractivity contribution in [2.75, 3.05) is 19.6 Å². The lowest BCUT2D eigenvalue weighted by Gasteiger charge is -2.19. The SMILES string of the molecule is Cl.Cl.c1nc(CN2CCCC2)c2n1CCNC2. The Morgan fingerprint density at radius 1 is 1.18 bits per heavy atom. The quantitative estimate of drug-likeness (QED) is 0.889. The summed E-state index contributed by atoms with van der Waals surface area (Å²) in [6.07, 6.45) is 4.71. The molecular formula is C11H20Cl2N4. The van der Waals surface area contributed by atoms with Crippen LogP contribution in [0, 0.1) is 0 Å². The van der Waals surface area contributed by atoms with Gasteiger partial charge in [-0.1, -0.05) is 0 Å². The topological polar surface area (TPSA) is 33.1 Å². The molecule has 4 nitrogen and oxygen atoms in total. The Balaban J connectivity index is 0.000000722. The zero-order valence-corrected chi connectivity index (χ0v) is 11.5.